The first-order valence-corrected chi connectivity index (χ1v) is 9.85. The Balaban J connectivity index is 1.95. The molecule has 0 bridgehead atoms. The predicted octanol–water partition coefficient (Wildman–Crippen LogP) is 2.81. The number of halogens is 3. The van der Waals surface area contributed by atoms with Gasteiger partial charge in [0.05, 0.1) is 12.3 Å². The molecule has 6 nitrogen and oxygen atoms in total. The zero-order valence-corrected chi connectivity index (χ0v) is 17.2. The third-order valence-electron chi connectivity index (χ3n) is 5.43. The summed E-state index contributed by atoms with van der Waals surface area (Å²) >= 11 is 0. The van der Waals surface area contributed by atoms with Gasteiger partial charge in [-0.25, -0.2) is 0 Å². The van der Waals surface area contributed by atoms with Gasteiger partial charge < -0.3 is 14.6 Å². The van der Waals surface area contributed by atoms with Crippen LogP contribution >= 0.6 is 0 Å². The molecule has 0 spiro atoms. The number of hydrogen-bond acceptors (Lipinski definition) is 4. The van der Waals surface area contributed by atoms with Crippen LogP contribution in [0.2, 0.25) is 0 Å². The molecule has 0 aromatic carbocycles. The molecular weight excluding hydrogens is 371 g/mol. The molecular formula is C19H32F3N5O. The van der Waals surface area contributed by atoms with Crippen molar-refractivity contribution in [3.05, 3.63) is 24.2 Å². The maximum absolute atomic E-state index is 12.9. The number of nitrogens with zero attached hydrogens (tertiary/aromatic N) is 4. The van der Waals surface area contributed by atoms with E-state index < -0.39 is 12.2 Å². The highest BCUT2D eigenvalue weighted by Crippen LogP contribution is 2.25. The number of likely N-dealkylation sites (N-methyl/N-ethyl adjacent to an activating group) is 1. The van der Waals surface area contributed by atoms with E-state index in [9.17, 15) is 13.2 Å². The van der Waals surface area contributed by atoms with Gasteiger partial charge >= 0.3 is 6.18 Å². The van der Waals surface area contributed by atoms with Gasteiger partial charge in [0.2, 0.25) is 0 Å². The first kappa shape index (κ1) is 22.5. The van der Waals surface area contributed by atoms with E-state index in [2.05, 4.69) is 29.1 Å². The van der Waals surface area contributed by atoms with Crippen molar-refractivity contribution < 1.29 is 17.6 Å². The fourth-order valence-electron chi connectivity index (χ4n) is 3.60. The second-order valence-electron chi connectivity index (χ2n) is 6.92. The Kier molecular flexibility index (Phi) is 8.18. The van der Waals surface area contributed by atoms with Crippen molar-refractivity contribution in [2.45, 2.75) is 39.0 Å². The molecule has 1 aliphatic heterocycles. The first-order chi connectivity index (χ1) is 13.3. The van der Waals surface area contributed by atoms with E-state index in [4.69, 9.17) is 4.42 Å². The van der Waals surface area contributed by atoms with Gasteiger partial charge in [0.1, 0.15) is 11.8 Å². The van der Waals surface area contributed by atoms with Crippen molar-refractivity contribution in [3.8, 4) is 0 Å². The Morgan fingerprint density at radius 1 is 1.25 bits per heavy atom. The normalized spacial score (nSPS) is 19.1. The number of hydrogen-bond donors (Lipinski definition) is 1. The van der Waals surface area contributed by atoms with E-state index in [-0.39, 0.29) is 6.04 Å². The van der Waals surface area contributed by atoms with Crippen molar-refractivity contribution >= 4 is 5.96 Å². The summed E-state index contributed by atoms with van der Waals surface area (Å²) in [5, 5.41) is 3.38. The summed E-state index contributed by atoms with van der Waals surface area (Å²) in [7, 11) is 1.70. The molecule has 1 N–H and O–H groups in total. The minimum absolute atomic E-state index is 0.0632. The summed E-state index contributed by atoms with van der Waals surface area (Å²) in [6.07, 6.45) is -2.52. The summed E-state index contributed by atoms with van der Waals surface area (Å²) in [5.74, 6) is 1.60. The number of piperazine rings is 1. The van der Waals surface area contributed by atoms with Crippen molar-refractivity contribution in [3.63, 3.8) is 0 Å². The van der Waals surface area contributed by atoms with Crippen LogP contribution in [0, 0.1) is 0 Å². The molecule has 2 heterocycles. The molecule has 2 unspecified atom stereocenters. The van der Waals surface area contributed by atoms with E-state index in [0.29, 0.717) is 38.7 Å². The van der Waals surface area contributed by atoms with Crippen LogP contribution in [0.4, 0.5) is 13.2 Å². The molecule has 0 aliphatic carbocycles. The highest BCUT2D eigenvalue weighted by molar-refractivity contribution is 5.80. The molecule has 1 saturated heterocycles. The van der Waals surface area contributed by atoms with Gasteiger partial charge in [0.25, 0.3) is 0 Å². The van der Waals surface area contributed by atoms with E-state index >= 15 is 0 Å². The lowest BCUT2D eigenvalue weighted by atomic mass is 10.2. The molecule has 1 aromatic rings. The standard InChI is InChI=1S/C19H32F3N5O/c1-5-25(6-2)16(17-8-7-13-28-17)14-24-18(23-4)27-11-9-26(10-12-27)15(3)19(20,21)22/h7-8,13,15-16H,5-6,9-12,14H2,1-4H3,(H,23,24). The third-order valence-corrected chi connectivity index (χ3v) is 5.43. The Labute approximate surface area is 165 Å². The zero-order valence-electron chi connectivity index (χ0n) is 17.2. The highest BCUT2D eigenvalue weighted by Gasteiger charge is 2.41. The fraction of sp³-hybridized carbons (Fsp3) is 0.737. The number of aliphatic imine (C=N–C) groups is 1. The van der Waals surface area contributed by atoms with E-state index in [0.717, 1.165) is 18.8 Å². The Morgan fingerprint density at radius 3 is 2.36 bits per heavy atom. The van der Waals surface area contributed by atoms with E-state index in [1.165, 1.54) is 11.8 Å². The van der Waals surface area contributed by atoms with Crippen molar-refractivity contribution in [1.29, 1.82) is 0 Å². The van der Waals surface area contributed by atoms with Crippen LogP contribution in [0.25, 0.3) is 0 Å². The molecule has 1 fully saturated rings. The summed E-state index contributed by atoms with van der Waals surface area (Å²) in [5.41, 5.74) is 0. The fourth-order valence-corrected chi connectivity index (χ4v) is 3.60. The lowest BCUT2D eigenvalue weighted by Crippen LogP contribution is -2.57. The van der Waals surface area contributed by atoms with Crippen LogP contribution in [-0.2, 0) is 0 Å². The lowest BCUT2D eigenvalue weighted by molar-refractivity contribution is -0.181. The largest absolute Gasteiger partial charge is 0.468 e. The maximum atomic E-state index is 12.9. The van der Waals surface area contributed by atoms with Gasteiger partial charge in [0.15, 0.2) is 5.96 Å². The summed E-state index contributed by atoms with van der Waals surface area (Å²) in [6.45, 7) is 9.56. The molecule has 0 radical (unpaired) electrons. The van der Waals surface area contributed by atoms with Crippen molar-refractivity contribution in [1.82, 2.24) is 20.0 Å². The van der Waals surface area contributed by atoms with Crippen LogP contribution < -0.4 is 5.32 Å². The molecule has 1 aliphatic rings. The van der Waals surface area contributed by atoms with Crippen LogP contribution in [0.3, 0.4) is 0 Å². The van der Waals surface area contributed by atoms with Gasteiger partial charge in [-0.1, -0.05) is 13.8 Å². The van der Waals surface area contributed by atoms with Gasteiger partial charge in [-0.2, -0.15) is 13.2 Å². The van der Waals surface area contributed by atoms with Crippen LogP contribution in [0.5, 0.6) is 0 Å². The molecule has 160 valence electrons. The Bertz CT molecular complexity index is 593. The molecule has 0 saturated carbocycles. The van der Waals surface area contributed by atoms with Gasteiger partial charge in [-0.15, -0.1) is 0 Å². The number of rotatable bonds is 7. The molecule has 28 heavy (non-hydrogen) atoms. The number of furan rings is 1. The SMILES string of the molecule is CCN(CC)C(CNC(=NC)N1CCN(C(C)C(F)(F)F)CC1)c1ccco1. The quantitative estimate of drug-likeness (QED) is 0.560. The third kappa shape index (κ3) is 5.64. The van der Waals surface area contributed by atoms with Gasteiger partial charge in [0, 0.05) is 39.8 Å². The topological polar surface area (TPSA) is 47.2 Å². The second kappa shape index (κ2) is 10.2. The van der Waals surface area contributed by atoms with Gasteiger partial charge in [-0.3, -0.25) is 14.8 Å². The molecule has 2 rings (SSSR count). The van der Waals surface area contributed by atoms with Crippen LogP contribution in [0.1, 0.15) is 32.6 Å². The molecule has 2 atom stereocenters. The minimum Gasteiger partial charge on any atom is -0.468 e. The van der Waals surface area contributed by atoms with E-state index in [1.54, 1.807) is 13.3 Å². The average molecular weight is 403 g/mol. The predicted molar refractivity (Wildman–Crippen MR) is 104 cm³/mol. The zero-order chi connectivity index (χ0) is 20.7. The Morgan fingerprint density at radius 2 is 1.89 bits per heavy atom. The summed E-state index contributed by atoms with van der Waals surface area (Å²) in [4.78, 5) is 10.1. The van der Waals surface area contributed by atoms with Gasteiger partial charge in [-0.05, 0) is 32.1 Å². The summed E-state index contributed by atoms with van der Waals surface area (Å²) in [6, 6.07) is 2.48. The lowest BCUT2D eigenvalue weighted by Gasteiger charge is -2.40. The number of alkyl halides is 3. The highest BCUT2D eigenvalue weighted by atomic mass is 19.4. The molecule has 0 amide bonds. The maximum Gasteiger partial charge on any atom is 0.403 e. The van der Waals surface area contributed by atoms with Crippen molar-refractivity contribution in [2.75, 3.05) is 52.9 Å². The molecule has 1 aromatic heterocycles. The monoisotopic (exact) mass is 403 g/mol. The second-order valence-corrected chi connectivity index (χ2v) is 6.92. The Hall–Kier alpha value is -1.74. The minimum atomic E-state index is -4.19. The van der Waals surface area contributed by atoms with E-state index in [1.807, 2.05) is 17.0 Å². The van der Waals surface area contributed by atoms with Crippen LogP contribution in [-0.4, -0.2) is 85.7 Å². The smallest absolute Gasteiger partial charge is 0.403 e. The number of guanidine groups is 1. The van der Waals surface area contributed by atoms with Crippen molar-refractivity contribution in [2.24, 2.45) is 4.99 Å². The number of nitrogens with one attached hydrogen (secondary N) is 1. The summed E-state index contributed by atoms with van der Waals surface area (Å²) < 4.78 is 44.4. The average Bonchev–Trinajstić information content (AvgIpc) is 3.21. The first-order valence-electron chi connectivity index (χ1n) is 9.85. The van der Waals surface area contributed by atoms with Crippen LogP contribution in [0.15, 0.2) is 27.8 Å². The molecule has 9 heteroatoms.